The van der Waals surface area contributed by atoms with Crippen LogP contribution in [0.25, 0.3) is 0 Å². The average Bonchev–Trinajstić information content (AvgIpc) is 2.95. The van der Waals surface area contributed by atoms with Crippen molar-refractivity contribution in [3.63, 3.8) is 0 Å². The van der Waals surface area contributed by atoms with Crippen LogP contribution in [0.2, 0.25) is 5.02 Å². The highest BCUT2D eigenvalue weighted by Crippen LogP contribution is 2.16. The summed E-state index contributed by atoms with van der Waals surface area (Å²) in [7, 11) is 0. The van der Waals surface area contributed by atoms with Gasteiger partial charge in [-0.05, 0) is 47.5 Å². The van der Waals surface area contributed by atoms with E-state index in [1.54, 1.807) is 12.3 Å². The van der Waals surface area contributed by atoms with E-state index in [0.717, 1.165) is 16.9 Å². The summed E-state index contributed by atoms with van der Waals surface area (Å²) in [5, 5.41) is 6.52. The van der Waals surface area contributed by atoms with Gasteiger partial charge >= 0.3 is 0 Å². The lowest BCUT2D eigenvalue weighted by Crippen LogP contribution is -2.29. The Kier molecular flexibility index (Phi) is 6.12. The minimum Gasteiger partial charge on any atom is -0.489 e. The summed E-state index contributed by atoms with van der Waals surface area (Å²) in [6.45, 7) is 0.900. The first-order valence-corrected chi connectivity index (χ1v) is 8.63. The van der Waals surface area contributed by atoms with Crippen LogP contribution in [0.1, 0.15) is 11.1 Å². The Labute approximate surface area is 157 Å². The van der Waals surface area contributed by atoms with Gasteiger partial charge in [0.15, 0.2) is 0 Å². The lowest BCUT2D eigenvalue weighted by Gasteiger charge is -2.10. The molecular formula is C21H19ClN2O2. The minimum atomic E-state index is -0.150. The first kappa shape index (κ1) is 17.8. The fraction of sp³-hybridized carbons (Fsp3) is 0.0952. The zero-order chi connectivity index (χ0) is 18.2. The highest BCUT2D eigenvalue weighted by atomic mass is 35.5. The Hall–Kier alpha value is -2.98. The molecule has 0 spiro atoms. The summed E-state index contributed by atoms with van der Waals surface area (Å²) in [4.78, 5) is 12.1. The Morgan fingerprint density at radius 3 is 2.69 bits per heavy atom. The number of carbonyl (C=O) groups excluding carboxylic acids is 1. The molecule has 0 aliphatic carbocycles. The fourth-order valence-electron chi connectivity index (χ4n) is 2.37. The molecule has 2 N–H and O–H groups in total. The maximum Gasteiger partial charge on any atom is 0.267 e. The molecule has 2 aromatic carbocycles. The van der Waals surface area contributed by atoms with E-state index < -0.39 is 0 Å². The fourth-order valence-corrected chi connectivity index (χ4v) is 2.59. The van der Waals surface area contributed by atoms with Gasteiger partial charge in [0.25, 0.3) is 5.91 Å². The number of hydrogen-bond donors (Lipinski definition) is 2. The zero-order valence-electron chi connectivity index (χ0n) is 14.1. The SMILES string of the molecule is O=C(NCc1ccc(OCc2cccc(Cl)c2)cc1)C1=CC=CC=CN1. The lowest BCUT2D eigenvalue weighted by atomic mass is 10.2. The Morgan fingerprint density at radius 1 is 1.04 bits per heavy atom. The Balaban J connectivity index is 1.49. The molecule has 1 heterocycles. The zero-order valence-corrected chi connectivity index (χ0v) is 14.9. The second-order valence-corrected chi connectivity index (χ2v) is 6.15. The smallest absolute Gasteiger partial charge is 0.267 e. The van der Waals surface area contributed by atoms with E-state index in [2.05, 4.69) is 10.6 Å². The van der Waals surface area contributed by atoms with E-state index in [1.807, 2.05) is 66.8 Å². The van der Waals surface area contributed by atoms with Gasteiger partial charge < -0.3 is 15.4 Å². The van der Waals surface area contributed by atoms with Crippen LogP contribution < -0.4 is 15.4 Å². The summed E-state index contributed by atoms with van der Waals surface area (Å²) in [6.07, 6.45) is 8.97. The van der Waals surface area contributed by atoms with E-state index in [0.29, 0.717) is 23.9 Å². The van der Waals surface area contributed by atoms with Crippen molar-refractivity contribution in [2.45, 2.75) is 13.2 Å². The van der Waals surface area contributed by atoms with Gasteiger partial charge in [-0.3, -0.25) is 4.79 Å². The largest absolute Gasteiger partial charge is 0.489 e. The van der Waals surface area contributed by atoms with E-state index >= 15 is 0 Å². The first-order valence-electron chi connectivity index (χ1n) is 8.25. The highest BCUT2D eigenvalue weighted by molar-refractivity contribution is 6.30. The molecule has 132 valence electrons. The molecule has 1 aliphatic rings. The molecule has 1 aliphatic heterocycles. The van der Waals surface area contributed by atoms with E-state index in [9.17, 15) is 4.79 Å². The molecule has 3 rings (SSSR count). The molecule has 0 saturated carbocycles. The van der Waals surface area contributed by atoms with Crippen LogP contribution in [0.4, 0.5) is 0 Å². The van der Waals surface area contributed by atoms with Crippen molar-refractivity contribution in [3.8, 4) is 5.75 Å². The maximum absolute atomic E-state index is 12.1. The van der Waals surface area contributed by atoms with Gasteiger partial charge in [0.1, 0.15) is 18.1 Å². The van der Waals surface area contributed by atoms with Crippen LogP contribution in [0.3, 0.4) is 0 Å². The topological polar surface area (TPSA) is 50.4 Å². The van der Waals surface area contributed by atoms with Crippen LogP contribution in [-0.2, 0) is 17.9 Å². The molecule has 5 heteroatoms. The number of rotatable bonds is 6. The molecule has 0 unspecified atom stereocenters. The molecule has 0 fully saturated rings. The Bertz CT molecular complexity index is 855. The number of allylic oxidation sites excluding steroid dienone is 4. The second kappa shape index (κ2) is 8.92. The molecule has 2 aromatic rings. The number of benzene rings is 2. The number of ether oxygens (including phenoxy) is 1. The van der Waals surface area contributed by atoms with E-state index in [4.69, 9.17) is 16.3 Å². The van der Waals surface area contributed by atoms with Crippen molar-refractivity contribution in [3.05, 3.63) is 101 Å². The summed E-state index contributed by atoms with van der Waals surface area (Å²) < 4.78 is 5.76. The monoisotopic (exact) mass is 366 g/mol. The number of hydrogen-bond acceptors (Lipinski definition) is 3. The van der Waals surface area contributed by atoms with Crippen molar-refractivity contribution in [2.24, 2.45) is 0 Å². The summed E-state index contributed by atoms with van der Waals surface area (Å²) >= 11 is 5.97. The van der Waals surface area contributed by atoms with Crippen LogP contribution in [0.15, 0.2) is 84.7 Å². The average molecular weight is 367 g/mol. The van der Waals surface area contributed by atoms with Gasteiger partial charge in [-0.15, -0.1) is 0 Å². The number of amides is 1. The maximum atomic E-state index is 12.1. The third-order valence-corrected chi connectivity index (χ3v) is 3.97. The van der Waals surface area contributed by atoms with Crippen molar-refractivity contribution in [1.29, 1.82) is 0 Å². The number of halogens is 1. The van der Waals surface area contributed by atoms with E-state index in [-0.39, 0.29) is 5.91 Å². The van der Waals surface area contributed by atoms with Crippen molar-refractivity contribution in [2.75, 3.05) is 0 Å². The van der Waals surface area contributed by atoms with Gasteiger partial charge in [0.05, 0.1) is 0 Å². The van der Waals surface area contributed by atoms with Gasteiger partial charge in [-0.1, -0.05) is 48.0 Å². The normalized spacial score (nSPS) is 12.7. The van der Waals surface area contributed by atoms with Gasteiger partial charge in [-0.2, -0.15) is 0 Å². The third-order valence-electron chi connectivity index (χ3n) is 3.74. The molecule has 0 bridgehead atoms. The predicted octanol–water partition coefficient (Wildman–Crippen LogP) is 4.09. The van der Waals surface area contributed by atoms with Crippen molar-refractivity contribution >= 4 is 17.5 Å². The molecule has 0 atom stereocenters. The minimum absolute atomic E-state index is 0.150. The van der Waals surface area contributed by atoms with Gasteiger partial charge in [-0.25, -0.2) is 0 Å². The highest BCUT2D eigenvalue weighted by Gasteiger charge is 2.07. The third kappa shape index (κ3) is 5.26. The van der Waals surface area contributed by atoms with Gasteiger partial charge in [0.2, 0.25) is 0 Å². The van der Waals surface area contributed by atoms with Gasteiger partial charge in [0, 0.05) is 17.8 Å². The van der Waals surface area contributed by atoms with Crippen molar-refractivity contribution < 1.29 is 9.53 Å². The summed E-state index contributed by atoms with van der Waals surface area (Å²) in [5.74, 6) is 0.617. The molecule has 4 nitrogen and oxygen atoms in total. The molecule has 0 radical (unpaired) electrons. The molecule has 1 amide bonds. The molecule has 0 aromatic heterocycles. The van der Waals surface area contributed by atoms with Crippen molar-refractivity contribution in [1.82, 2.24) is 10.6 Å². The van der Waals surface area contributed by atoms with Crippen LogP contribution >= 0.6 is 11.6 Å². The van der Waals surface area contributed by atoms with E-state index in [1.165, 1.54) is 0 Å². The molecular weight excluding hydrogens is 348 g/mol. The lowest BCUT2D eigenvalue weighted by molar-refractivity contribution is -0.117. The Morgan fingerprint density at radius 2 is 1.88 bits per heavy atom. The second-order valence-electron chi connectivity index (χ2n) is 5.71. The quantitative estimate of drug-likeness (QED) is 0.809. The van der Waals surface area contributed by atoms with Crippen LogP contribution in [0, 0.1) is 0 Å². The predicted molar refractivity (Wildman–Crippen MR) is 104 cm³/mol. The summed E-state index contributed by atoms with van der Waals surface area (Å²) in [6, 6.07) is 15.2. The number of carbonyl (C=O) groups is 1. The van der Waals surface area contributed by atoms with Crippen LogP contribution in [-0.4, -0.2) is 5.91 Å². The standard InChI is InChI=1S/C21H19ClN2O2/c22-18-6-4-5-17(13-18)15-26-19-10-8-16(9-11-19)14-24-21(25)20-7-2-1-3-12-23-20/h1-13,23H,14-15H2,(H,24,25). The molecule has 26 heavy (non-hydrogen) atoms. The van der Waals surface area contributed by atoms with Crippen LogP contribution in [0.5, 0.6) is 5.75 Å². The summed E-state index contributed by atoms with van der Waals surface area (Å²) in [5.41, 5.74) is 2.52. The molecule has 0 saturated heterocycles. The first-order chi connectivity index (χ1) is 12.7. The number of nitrogens with one attached hydrogen (secondary N) is 2.